The maximum Gasteiger partial charge on any atom is 0.407 e. The number of carbonyl (C=O) groups is 1. The van der Waals surface area contributed by atoms with E-state index >= 15 is 0 Å². The monoisotopic (exact) mass is 395 g/mol. The maximum atomic E-state index is 11.4. The molecular formula is C22H25N3O4. The molecule has 1 atom stereocenters. The van der Waals surface area contributed by atoms with Crippen molar-refractivity contribution in [1.29, 1.82) is 0 Å². The molecule has 0 bridgehead atoms. The summed E-state index contributed by atoms with van der Waals surface area (Å²) in [5, 5.41) is 15.5. The van der Waals surface area contributed by atoms with Crippen LogP contribution in [0.1, 0.15) is 51.0 Å². The molecule has 29 heavy (non-hydrogen) atoms. The zero-order chi connectivity index (χ0) is 20.2. The SMILES string of the molecule is CCCCCOc1ccc2cc(-c3noc(C4CCCN4C(=O)O)n3)ccc2c1. The van der Waals surface area contributed by atoms with E-state index < -0.39 is 6.09 Å². The van der Waals surface area contributed by atoms with Crippen LogP contribution in [0.3, 0.4) is 0 Å². The molecule has 1 fully saturated rings. The summed E-state index contributed by atoms with van der Waals surface area (Å²) in [7, 11) is 0. The molecule has 0 aliphatic carbocycles. The summed E-state index contributed by atoms with van der Waals surface area (Å²) in [6.45, 7) is 3.41. The number of amides is 1. The van der Waals surface area contributed by atoms with E-state index in [1.165, 1.54) is 17.7 Å². The number of nitrogens with zero attached hydrogens (tertiary/aromatic N) is 3. The van der Waals surface area contributed by atoms with Gasteiger partial charge in [-0.3, -0.25) is 4.90 Å². The Morgan fingerprint density at radius 1 is 1.24 bits per heavy atom. The van der Waals surface area contributed by atoms with E-state index in [1.807, 2.05) is 36.4 Å². The molecule has 1 N–H and O–H groups in total. The van der Waals surface area contributed by atoms with Crippen LogP contribution in [0.2, 0.25) is 0 Å². The van der Waals surface area contributed by atoms with Gasteiger partial charge in [-0.15, -0.1) is 0 Å². The van der Waals surface area contributed by atoms with E-state index in [0.717, 1.165) is 41.5 Å². The predicted octanol–water partition coefficient (Wildman–Crippen LogP) is 5.27. The Labute approximate surface area is 169 Å². The van der Waals surface area contributed by atoms with Crippen LogP contribution in [0.5, 0.6) is 5.75 Å². The molecule has 1 aliphatic heterocycles. The van der Waals surface area contributed by atoms with E-state index in [2.05, 4.69) is 17.1 Å². The molecule has 0 radical (unpaired) electrons. The summed E-state index contributed by atoms with van der Waals surface area (Å²) in [4.78, 5) is 17.2. The van der Waals surface area contributed by atoms with Crippen molar-refractivity contribution in [2.75, 3.05) is 13.2 Å². The van der Waals surface area contributed by atoms with Gasteiger partial charge < -0.3 is 14.4 Å². The van der Waals surface area contributed by atoms with Crippen LogP contribution in [-0.2, 0) is 0 Å². The van der Waals surface area contributed by atoms with Gasteiger partial charge in [-0.05, 0) is 48.2 Å². The van der Waals surface area contributed by atoms with Crippen LogP contribution in [0.4, 0.5) is 4.79 Å². The molecule has 7 nitrogen and oxygen atoms in total. The highest BCUT2D eigenvalue weighted by atomic mass is 16.5. The number of hydrogen-bond acceptors (Lipinski definition) is 5. The molecule has 0 saturated carbocycles. The van der Waals surface area contributed by atoms with Crippen molar-refractivity contribution in [2.45, 2.75) is 45.1 Å². The van der Waals surface area contributed by atoms with E-state index in [4.69, 9.17) is 9.26 Å². The van der Waals surface area contributed by atoms with Crippen LogP contribution in [0, 0.1) is 0 Å². The highest BCUT2D eigenvalue weighted by Gasteiger charge is 2.34. The number of fused-ring (bicyclic) bond motifs is 1. The Bertz CT molecular complexity index is 1000. The molecule has 2 aromatic carbocycles. The summed E-state index contributed by atoms with van der Waals surface area (Å²) in [5.74, 6) is 1.70. The van der Waals surface area contributed by atoms with E-state index in [1.54, 1.807) is 0 Å². The molecule has 152 valence electrons. The lowest BCUT2D eigenvalue weighted by atomic mass is 10.1. The standard InChI is InChI=1S/C22H25N3O4/c1-2-3-4-12-28-18-10-9-15-13-17(8-7-16(15)14-18)20-23-21(29-24-20)19-6-5-11-25(19)22(26)27/h7-10,13-14,19H,2-6,11-12H2,1H3,(H,26,27). The van der Waals surface area contributed by atoms with Crippen LogP contribution >= 0.6 is 0 Å². The summed E-state index contributed by atoms with van der Waals surface area (Å²) >= 11 is 0. The lowest BCUT2D eigenvalue weighted by Crippen LogP contribution is -2.28. The van der Waals surface area contributed by atoms with Crippen LogP contribution in [0.15, 0.2) is 40.9 Å². The first kappa shape index (κ1) is 19.2. The lowest BCUT2D eigenvalue weighted by Gasteiger charge is -2.17. The average Bonchev–Trinajstić information content (AvgIpc) is 3.40. The molecule has 0 spiro atoms. The molecule has 4 rings (SSSR count). The first-order valence-corrected chi connectivity index (χ1v) is 10.2. The molecule has 7 heteroatoms. The van der Waals surface area contributed by atoms with Crippen LogP contribution in [0.25, 0.3) is 22.2 Å². The minimum atomic E-state index is -0.953. The molecule has 1 aromatic heterocycles. The van der Waals surface area contributed by atoms with Crippen molar-refractivity contribution in [3.05, 3.63) is 42.3 Å². The van der Waals surface area contributed by atoms with Gasteiger partial charge in [0.05, 0.1) is 6.61 Å². The minimum Gasteiger partial charge on any atom is -0.494 e. The van der Waals surface area contributed by atoms with E-state index in [0.29, 0.717) is 24.7 Å². The van der Waals surface area contributed by atoms with Crippen molar-refractivity contribution in [2.24, 2.45) is 0 Å². The van der Waals surface area contributed by atoms with Crippen molar-refractivity contribution in [3.8, 4) is 17.1 Å². The maximum absolute atomic E-state index is 11.4. The van der Waals surface area contributed by atoms with Crippen molar-refractivity contribution >= 4 is 16.9 Å². The normalized spacial score (nSPS) is 16.4. The second-order valence-corrected chi connectivity index (χ2v) is 7.37. The second-order valence-electron chi connectivity index (χ2n) is 7.37. The highest BCUT2D eigenvalue weighted by Crippen LogP contribution is 2.32. The quantitative estimate of drug-likeness (QED) is 0.548. The Balaban J connectivity index is 1.51. The van der Waals surface area contributed by atoms with Gasteiger partial charge in [0, 0.05) is 12.1 Å². The molecule has 1 unspecified atom stereocenters. The molecule has 1 aliphatic rings. The smallest absolute Gasteiger partial charge is 0.407 e. The fraction of sp³-hybridized carbons (Fsp3) is 0.409. The molecule has 2 heterocycles. The van der Waals surface area contributed by atoms with E-state index in [9.17, 15) is 9.90 Å². The summed E-state index contributed by atoms with van der Waals surface area (Å²) < 4.78 is 11.2. The lowest BCUT2D eigenvalue weighted by molar-refractivity contribution is 0.131. The van der Waals surface area contributed by atoms with Gasteiger partial charge in [-0.2, -0.15) is 4.98 Å². The van der Waals surface area contributed by atoms with Crippen LogP contribution < -0.4 is 4.74 Å². The number of carboxylic acid groups (broad SMARTS) is 1. The van der Waals surface area contributed by atoms with Gasteiger partial charge in [-0.1, -0.05) is 43.1 Å². The Morgan fingerprint density at radius 2 is 2.07 bits per heavy atom. The highest BCUT2D eigenvalue weighted by molar-refractivity contribution is 5.87. The van der Waals surface area contributed by atoms with Gasteiger partial charge in [0.15, 0.2) is 0 Å². The fourth-order valence-electron chi connectivity index (χ4n) is 3.73. The first-order chi connectivity index (χ1) is 14.2. The zero-order valence-electron chi connectivity index (χ0n) is 16.5. The molecule has 1 saturated heterocycles. The molecule has 3 aromatic rings. The number of aromatic nitrogens is 2. The Morgan fingerprint density at radius 3 is 2.90 bits per heavy atom. The van der Waals surface area contributed by atoms with Gasteiger partial charge in [-0.25, -0.2) is 4.79 Å². The zero-order valence-corrected chi connectivity index (χ0v) is 16.5. The fourth-order valence-corrected chi connectivity index (χ4v) is 3.73. The number of likely N-dealkylation sites (tertiary alicyclic amines) is 1. The summed E-state index contributed by atoms with van der Waals surface area (Å²) in [6, 6.07) is 11.6. The Hall–Kier alpha value is -3.09. The molecule has 1 amide bonds. The topological polar surface area (TPSA) is 88.7 Å². The number of benzene rings is 2. The van der Waals surface area contributed by atoms with Crippen LogP contribution in [-0.4, -0.2) is 39.4 Å². The summed E-state index contributed by atoms with van der Waals surface area (Å²) in [5.41, 5.74) is 0.837. The minimum absolute atomic E-state index is 0.357. The van der Waals surface area contributed by atoms with Crippen molar-refractivity contribution in [3.63, 3.8) is 0 Å². The third-order valence-corrected chi connectivity index (χ3v) is 5.31. The third kappa shape index (κ3) is 4.18. The number of ether oxygens (including phenoxy) is 1. The number of rotatable bonds is 7. The van der Waals surface area contributed by atoms with Crippen molar-refractivity contribution in [1.82, 2.24) is 15.0 Å². The van der Waals surface area contributed by atoms with E-state index in [-0.39, 0.29) is 6.04 Å². The summed E-state index contributed by atoms with van der Waals surface area (Å²) in [6.07, 6.45) is 3.96. The largest absolute Gasteiger partial charge is 0.494 e. The average molecular weight is 395 g/mol. The second kappa shape index (κ2) is 8.51. The molecular weight excluding hydrogens is 370 g/mol. The van der Waals surface area contributed by atoms with Gasteiger partial charge in [0.2, 0.25) is 11.7 Å². The number of hydrogen-bond donors (Lipinski definition) is 1. The number of unbranched alkanes of at least 4 members (excludes halogenated alkanes) is 2. The first-order valence-electron chi connectivity index (χ1n) is 10.2. The Kier molecular flexibility index (Phi) is 5.64. The predicted molar refractivity (Wildman–Crippen MR) is 109 cm³/mol. The van der Waals surface area contributed by atoms with Gasteiger partial charge in [0.1, 0.15) is 11.8 Å². The van der Waals surface area contributed by atoms with Gasteiger partial charge >= 0.3 is 6.09 Å². The van der Waals surface area contributed by atoms with Crippen molar-refractivity contribution < 1.29 is 19.2 Å². The van der Waals surface area contributed by atoms with Gasteiger partial charge in [0.25, 0.3) is 0 Å². The third-order valence-electron chi connectivity index (χ3n) is 5.31.